The van der Waals surface area contributed by atoms with Crippen LogP contribution in [-0.4, -0.2) is 7.11 Å². The Labute approximate surface area is 73.5 Å². The molecular weight excluding hydrogens is 152 g/mol. The van der Waals surface area contributed by atoms with E-state index in [1.807, 2.05) is 6.92 Å². The Hall–Kier alpha value is -0.920. The zero-order chi connectivity index (χ0) is 8.97. The fourth-order valence-electron chi connectivity index (χ4n) is 1.21. The van der Waals surface area contributed by atoms with Crippen molar-refractivity contribution in [2.45, 2.75) is 33.1 Å². The maximum Gasteiger partial charge on any atom is 0.287 e. The van der Waals surface area contributed by atoms with E-state index in [9.17, 15) is 0 Å². The predicted octanol–water partition coefficient (Wildman–Crippen LogP) is 2.94. The first-order valence-corrected chi connectivity index (χ1v) is 4.41. The predicted molar refractivity (Wildman–Crippen MR) is 48.6 cm³/mol. The van der Waals surface area contributed by atoms with Crippen LogP contribution in [0.25, 0.3) is 0 Å². The first-order chi connectivity index (χ1) is 5.77. The molecule has 1 aromatic heterocycles. The number of methoxy groups -OCH3 is 1. The van der Waals surface area contributed by atoms with Crippen molar-refractivity contribution in [3.05, 3.63) is 17.4 Å². The first-order valence-electron chi connectivity index (χ1n) is 4.41. The standard InChI is InChI=1S/C10H16O2/c1-4-5-6-9-7-8(2)10(11-3)12-9/h7H,4-6H2,1-3H3. The van der Waals surface area contributed by atoms with Crippen molar-refractivity contribution in [3.63, 3.8) is 0 Å². The van der Waals surface area contributed by atoms with E-state index in [1.54, 1.807) is 7.11 Å². The monoisotopic (exact) mass is 168 g/mol. The molecule has 0 N–H and O–H groups in total. The summed E-state index contributed by atoms with van der Waals surface area (Å²) in [5, 5.41) is 0. The number of unbranched alkanes of at least 4 members (excludes halogenated alkanes) is 1. The molecule has 1 rings (SSSR count). The van der Waals surface area contributed by atoms with Gasteiger partial charge in [-0.05, 0) is 19.4 Å². The third-order valence-electron chi connectivity index (χ3n) is 1.89. The fraction of sp³-hybridized carbons (Fsp3) is 0.600. The van der Waals surface area contributed by atoms with Gasteiger partial charge in [-0.2, -0.15) is 0 Å². The number of furan rings is 1. The molecule has 0 unspecified atom stereocenters. The Morgan fingerprint density at radius 3 is 2.75 bits per heavy atom. The van der Waals surface area contributed by atoms with E-state index in [4.69, 9.17) is 9.15 Å². The highest BCUT2D eigenvalue weighted by Crippen LogP contribution is 2.22. The van der Waals surface area contributed by atoms with Crippen LogP contribution in [0.4, 0.5) is 0 Å². The zero-order valence-electron chi connectivity index (χ0n) is 8.02. The molecule has 1 heterocycles. The lowest BCUT2D eigenvalue weighted by atomic mass is 10.2. The lowest BCUT2D eigenvalue weighted by Gasteiger charge is -1.94. The van der Waals surface area contributed by atoms with Gasteiger partial charge in [0.1, 0.15) is 5.76 Å². The summed E-state index contributed by atoms with van der Waals surface area (Å²) in [6.45, 7) is 4.17. The highest BCUT2D eigenvalue weighted by Gasteiger charge is 2.06. The average Bonchev–Trinajstić information content (AvgIpc) is 2.43. The van der Waals surface area contributed by atoms with Gasteiger partial charge in [0, 0.05) is 12.0 Å². The van der Waals surface area contributed by atoms with Crippen molar-refractivity contribution in [1.29, 1.82) is 0 Å². The summed E-state index contributed by atoms with van der Waals surface area (Å²) in [5.74, 6) is 1.69. The van der Waals surface area contributed by atoms with Gasteiger partial charge in [-0.1, -0.05) is 13.3 Å². The summed E-state index contributed by atoms with van der Waals surface area (Å²) in [7, 11) is 1.63. The number of hydrogen-bond acceptors (Lipinski definition) is 2. The maximum atomic E-state index is 5.44. The summed E-state index contributed by atoms with van der Waals surface area (Å²) < 4.78 is 10.5. The van der Waals surface area contributed by atoms with Crippen LogP contribution in [0.15, 0.2) is 10.5 Å². The van der Waals surface area contributed by atoms with Gasteiger partial charge in [0.2, 0.25) is 0 Å². The van der Waals surface area contributed by atoms with Crippen LogP contribution in [0.2, 0.25) is 0 Å². The number of ether oxygens (including phenoxy) is 1. The SMILES string of the molecule is CCCCc1cc(C)c(OC)o1. The molecule has 0 saturated heterocycles. The van der Waals surface area contributed by atoms with Gasteiger partial charge in [-0.25, -0.2) is 0 Å². The van der Waals surface area contributed by atoms with Gasteiger partial charge in [-0.15, -0.1) is 0 Å². The van der Waals surface area contributed by atoms with E-state index < -0.39 is 0 Å². The molecule has 2 nitrogen and oxygen atoms in total. The topological polar surface area (TPSA) is 22.4 Å². The van der Waals surface area contributed by atoms with E-state index in [2.05, 4.69) is 13.0 Å². The van der Waals surface area contributed by atoms with Crippen molar-refractivity contribution in [3.8, 4) is 5.95 Å². The van der Waals surface area contributed by atoms with Crippen LogP contribution in [0.3, 0.4) is 0 Å². The summed E-state index contributed by atoms with van der Waals surface area (Å²) in [5.41, 5.74) is 1.09. The Kier molecular flexibility index (Phi) is 3.20. The third-order valence-corrected chi connectivity index (χ3v) is 1.89. The van der Waals surface area contributed by atoms with E-state index in [0.29, 0.717) is 5.95 Å². The number of hydrogen-bond donors (Lipinski definition) is 0. The molecule has 0 amide bonds. The zero-order valence-corrected chi connectivity index (χ0v) is 8.02. The molecule has 0 spiro atoms. The van der Waals surface area contributed by atoms with Crippen LogP contribution in [-0.2, 0) is 6.42 Å². The number of aryl methyl sites for hydroxylation is 2. The van der Waals surface area contributed by atoms with Crippen LogP contribution >= 0.6 is 0 Å². The second kappa shape index (κ2) is 4.19. The first kappa shape index (κ1) is 9.17. The molecule has 68 valence electrons. The minimum absolute atomic E-state index is 0.654. The lowest BCUT2D eigenvalue weighted by Crippen LogP contribution is -1.80. The molecule has 0 aliphatic carbocycles. The summed E-state index contributed by atoms with van der Waals surface area (Å²) >= 11 is 0. The van der Waals surface area contributed by atoms with Crippen LogP contribution in [0.1, 0.15) is 31.1 Å². The van der Waals surface area contributed by atoms with Gasteiger partial charge in [0.25, 0.3) is 5.95 Å². The number of rotatable bonds is 4. The van der Waals surface area contributed by atoms with Gasteiger partial charge in [-0.3, -0.25) is 0 Å². The molecule has 1 aromatic rings. The summed E-state index contributed by atoms with van der Waals surface area (Å²) in [6, 6.07) is 2.05. The minimum Gasteiger partial charge on any atom is -0.468 e. The Morgan fingerprint density at radius 1 is 1.50 bits per heavy atom. The van der Waals surface area contributed by atoms with Crippen molar-refractivity contribution in [1.82, 2.24) is 0 Å². The van der Waals surface area contributed by atoms with E-state index in [1.165, 1.54) is 12.8 Å². The molecule has 12 heavy (non-hydrogen) atoms. The van der Waals surface area contributed by atoms with Gasteiger partial charge < -0.3 is 9.15 Å². The molecular formula is C10H16O2. The highest BCUT2D eigenvalue weighted by atomic mass is 16.6. The van der Waals surface area contributed by atoms with Crippen LogP contribution in [0, 0.1) is 6.92 Å². The second-order valence-corrected chi connectivity index (χ2v) is 2.99. The van der Waals surface area contributed by atoms with Crippen molar-refractivity contribution >= 4 is 0 Å². The van der Waals surface area contributed by atoms with Gasteiger partial charge in [0.15, 0.2) is 0 Å². The van der Waals surface area contributed by atoms with E-state index in [0.717, 1.165) is 17.7 Å². The van der Waals surface area contributed by atoms with E-state index in [-0.39, 0.29) is 0 Å². The largest absolute Gasteiger partial charge is 0.468 e. The molecule has 0 aliphatic heterocycles. The molecule has 0 bridgehead atoms. The third kappa shape index (κ3) is 2.03. The molecule has 0 radical (unpaired) electrons. The molecule has 0 atom stereocenters. The Morgan fingerprint density at radius 2 is 2.25 bits per heavy atom. The van der Waals surface area contributed by atoms with Crippen LogP contribution in [0.5, 0.6) is 5.95 Å². The van der Waals surface area contributed by atoms with Gasteiger partial charge in [0.05, 0.1) is 7.11 Å². The molecule has 0 saturated carbocycles. The smallest absolute Gasteiger partial charge is 0.287 e. The van der Waals surface area contributed by atoms with E-state index >= 15 is 0 Å². The fourth-order valence-corrected chi connectivity index (χ4v) is 1.21. The highest BCUT2D eigenvalue weighted by molar-refractivity contribution is 5.24. The maximum absolute atomic E-state index is 5.44. The Bertz CT molecular complexity index is 238. The molecule has 0 aliphatic rings. The van der Waals surface area contributed by atoms with Crippen molar-refractivity contribution < 1.29 is 9.15 Å². The normalized spacial score (nSPS) is 10.2. The van der Waals surface area contributed by atoms with Crippen LogP contribution < -0.4 is 4.74 Å². The molecule has 2 heteroatoms. The van der Waals surface area contributed by atoms with Crippen molar-refractivity contribution in [2.24, 2.45) is 0 Å². The van der Waals surface area contributed by atoms with Crippen molar-refractivity contribution in [2.75, 3.05) is 7.11 Å². The molecule has 0 fully saturated rings. The average molecular weight is 168 g/mol. The summed E-state index contributed by atoms with van der Waals surface area (Å²) in [4.78, 5) is 0. The molecule has 0 aromatic carbocycles. The van der Waals surface area contributed by atoms with Gasteiger partial charge >= 0.3 is 0 Å². The minimum atomic E-state index is 0.654. The quantitative estimate of drug-likeness (QED) is 0.689. The lowest BCUT2D eigenvalue weighted by molar-refractivity contribution is 0.291. The summed E-state index contributed by atoms with van der Waals surface area (Å²) in [6.07, 6.45) is 3.39. The second-order valence-electron chi connectivity index (χ2n) is 2.99. The Balaban J connectivity index is 2.62.